The molecule has 1 heterocycles. The average Bonchev–Trinajstić information content (AvgIpc) is 2.42. The molecule has 1 N–H and O–H groups in total. The summed E-state index contributed by atoms with van der Waals surface area (Å²) in [5.41, 5.74) is 2.22. The van der Waals surface area contributed by atoms with E-state index in [4.69, 9.17) is 4.74 Å². The topological polar surface area (TPSA) is 41.6 Å². The highest BCUT2D eigenvalue weighted by atomic mass is 16.5. The monoisotopic (exact) mass is 262 g/mol. The van der Waals surface area contributed by atoms with Crippen molar-refractivity contribution in [3.8, 4) is 5.75 Å². The molecular weight excluding hydrogens is 240 g/mol. The molecule has 0 fully saturated rings. The van der Waals surface area contributed by atoms with Gasteiger partial charge >= 0.3 is 0 Å². The predicted molar refractivity (Wildman–Crippen MR) is 76.8 cm³/mol. The molecule has 1 aliphatic heterocycles. The summed E-state index contributed by atoms with van der Waals surface area (Å²) in [5.74, 6) is 0.789. The predicted octanol–water partition coefficient (Wildman–Crippen LogP) is 2.11. The van der Waals surface area contributed by atoms with Crippen LogP contribution in [0, 0.1) is 6.92 Å². The van der Waals surface area contributed by atoms with Crippen molar-refractivity contribution in [3.63, 3.8) is 0 Å². The highest BCUT2D eigenvalue weighted by Gasteiger charge is 2.29. The summed E-state index contributed by atoms with van der Waals surface area (Å²) in [4.78, 5) is 14.2. The van der Waals surface area contributed by atoms with Crippen molar-refractivity contribution in [2.24, 2.45) is 0 Å². The summed E-state index contributed by atoms with van der Waals surface area (Å²) in [6.07, 6.45) is 0.520. The number of nitrogens with zero attached hydrogens (tertiary/aromatic N) is 1. The van der Waals surface area contributed by atoms with Crippen LogP contribution < -0.4 is 15.0 Å². The first-order chi connectivity index (χ1) is 9.15. The summed E-state index contributed by atoms with van der Waals surface area (Å²) in [5, 5.41) is 2.90. The molecule has 2 rings (SSSR count). The second-order valence-corrected chi connectivity index (χ2v) is 4.91. The zero-order valence-electron chi connectivity index (χ0n) is 11.9. The number of hydrogen-bond acceptors (Lipinski definition) is 3. The van der Waals surface area contributed by atoms with Crippen LogP contribution in [0.2, 0.25) is 0 Å². The number of carbonyl (C=O) groups is 1. The molecule has 1 amide bonds. The zero-order chi connectivity index (χ0) is 13.8. The third-order valence-corrected chi connectivity index (χ3v) is 3.33. The van der Waals surface area contributed by atoms with Gasteiger partial charge in [-0.15, -0.1) is 0 Å². The smallest absolute Gasteiger partial charge is 0.262 e. The van der Waals surface area contributed by atoms with Crippen LogP contribution in [-0.2, 0) is 4.79 Å². The second kappa shape index (κ2) is 5.95. The highest BCUT2D eigenvalue weighted by Crippen LogP contribution is 2.34. The number of carbonyl (C=O) groups excluding carboxylic acids is 1. The van der Waals surface area contributed by atoms with Crippen LogP contribution >= 0.6 is 0 Å². The van der Waals surface area contributed by atoms with Crippen molar-refractivity contribution in [1.82, 2.24) is 5.32 Å². The first-order valence-electron chi connectivity index (χ1n) is 6.95. The van der Waals surface area contributed by atoms with E-state index in [9.17, 15) is 4.79 Å². The minimum Gasteiger partial charge on any atom is -0.477 e. The molecule has 0 spiro atoms. The van der Waals surface area contributed by atoms with Gasteiger partial charge in [-0.05, 0) is 38.0 Å². The van der Waals surface area contributed by atoms with E-state index in [1.807, 2.05) is 19.9 Å². The largest absolute Gasteiger partial charge is 0.477 e. The van der Waals surface area contributed by atoms with Gasteiger partial charge in [0.2, 0.25) is 0 Å². The number of rotatable bonds is 4. The van der Waals surface area contributed by atoms with E-state index in [-0.39, 0.29) is 5.91 Å². The van der Waals surface area contributed by atoms with E-state index >= 15 is 0 Å². The van der Waals surface area contributed by atoms with Gasteiger partial charge in [0.25, 0.3) is 5.91 Å². The molecule has 0 saturated carbocycles. The van der Waals surface area contributed by atoms with Gasteiger partial charge in [0.05, 0.1) is 12.2 Å². The molecule has 0 aliphatic carbocycles. The molecule has 4 nitrogen and oxygen atoms in total. The summed E-state index contributed by atoms with van der Waals surface area (Å²) in [7, 11) is 0. The number of benzene rings is 1. The van der Waals surface area contributed by atoms with Crippen LogP contribution in [0.5, 0.6) is 5.75 Å². The van der Waals surface area contributed by atoms with Gasteiger partial charge in [-0.25, -0.2) is 0 Å². The summed E-state index contributed by atoms with van der Waals surface area (Å²) in [6.45, 7) is 8.35. The highest BCUT2D eigenvalue weighted by molar-refractivity contribution is 5.83. The van der Waals surface area contributed by atoms with Gasteiger partial charge < -0.3 is 15.0 Å². The number of anilines is 1. The number of aryl methyl sites for hydroxylation is 1. The Morgan fingerprint density at radius 1 is 1.47 bits per heavy atom. The first kappa shape index (κ1) is 13.7. The lowest BCUT2D eigenvalue weighted by Gasteiger charge is -2.35. The number of likely N-dealkylation sites (N-methyl/N-ethyl adjacent to an activating group) is 1. The van der Waals surface area contributed by atoms with Crippen molar-refractivity contribution in [2.45, 2.75) is 33.3 Å². The molecule has 0 saturated heterocycles. The Balaban J connectivity index is 2.18. The molecule has 0 radical (unpaired) electrons. The summed E-state index contributed by atoms with van der Waals surface area (Å²) < 4.78 is 5.85. The minimum absolute atomic E-state index is 0.0209. The van der Waals surface area contributed by atoms with Gasteiger partial charge in [-0.1, -0.05) is 13.0 Å². The Morgan fingerprint density at radius 3 is 2.95 bits per heavy atom. The van der Waals surface area contributed by atoms with Gasteiger partial charge in [0, 0.05) is 13.1 Å². The van der Waals surface area contributed by atoms with Gasteiger partial charge in [-0.3, -0.25) is 4.79 Å². The fourth-order valence-electron chi connectivity index (χ4n) is 2.26. The van der Waals surface area contributed by atoms with E-state index in [1.165, 1.54) is 0 Å². The van der Waals surface area contributed by atoms with Crippen molar-refractivity contribution in [2.75, 3.05) is 24.5 Å². The zero-order valence-corrected chi connectivity index (χ0v) is 11.9. The Labute approximate surface area is 114 Å². The maximum Gasteiger partial charge on any atom is 0.262 e. The Morgan fingerprint density at radius 2 is 2.26 bits per heavy atom. The van der Waals surface area contributed by atoms with Crippen molar-refractivity contribution >= 4 is 11.6 Å². The molecule has 104 valence electrons. The van der Waals surface area contributed by atoms with E-state index in [0.717, 1.165) is 30.0 Å². The van der Waals surface area contributed by atoms with Crippen molar-refractivity contribution in [1.29, 1.82) is 0 Å². The molecule has 1 aromatic carbocycles. The molecular formula is C15H22N2O2. The third-order valence-electron chi connectivity index (χ3n) is 3.33. The summed E-state index contributed by atoms with van der Waals surface area (Å²) in [6, 6.07) is 6.13. The van der Waals surface area contributed by atoms with Crippen LogP contribution in [0.4, 0.5) is 5.69 Å². The maximum atomic E-state index is 12.1. The molecule has 0 bridgehead atoms. The SMILES string of the molecule is CCCNC(=O)C1CN(CC)c2ccc(C)cc2O1. The molecule has 1 aromatic rings. The minimum atomic E-state index is -0.416. The quantitative estimate of drug-likeness (QED) is 0.903. The van der Waals surface area contributed by atoms with E-state index in [1.54, 1.807) is 0 Å². The Bertz CT molecular complexity index is 459. The Hall–Kier alpha value is -1.71. The number of hydrogen-bond donors (Lipinski definition) is 1. The molecule has 1 unspecified atom stereocenters. The molecule has 19 heavy (non-hydrogen) atoms. The van der Waals surface area contributed by atoms with Gasteiger partial charge in [0.1, 0.15) is 5.75 Å². The van der Waals surface area contributed by atoms with Crippen LogP contribution in [-0.4, -0.2) is 31.6 Å². The molecule has 0 aromatic heterocycles. The fourth-order valence-corrected chi connectivity index (χ4v) is 2.26. The van der Waals surface area contributed by atoms with Crippen LogP contribution in [0.1, 0.15) is 25.8 Å². The molecule has 1 aliphatic rings. The van der Waals surface area contributed by atoms with E-state index in [0.29, 0.717) is 13.1 Å². The Kier molecular flexibility index (Phi) is 4.30. The standard InChI is InChI=1S/C15H22N2O2/c1-4-8-16-15(18)14-10-17(5-2)12-7-6-11(3)9-13(12)19-14/h6-7,9,14H,4-5,8,10H2,1-3H3,(H,16,18). The average molecular weight is 262 g/mol. The van der Waals surface area contributed by atoms with Crippen LogP contribution in [0.3, 0.4) is 0 Å². The number of ether oxygens (including phenoxy) is 1. The lowest BCUT2D eigenvalue weighted by Crippen LogP contribution is -2.49. The van der Waals surface area contributed by atoms with Crippen molar-refractivity contribution < 1.29 is 9.53 Å². The number of nitrogens with one attached hydrogen (secondary N) is 1. The van der Waals surface area contributed by atoms with Crippen LogP contribution in [0.15, 0.2) is 18.2 Å². The van der Waals surface area contributed by atoms with Crippen molar-refractivity contribution in [3.05, 3.63) is 23.8 Å². The maximum absolute atomic E-state index is 12.1. The van der Waals surface area contributed by atoms with E-state index < -0.39 is 6.10 Å². The molecule has 1 atom stereocenters. The van der Waals surface area contributed by atoms with Gasteiger partial charge in [0.15, 0.2) is 6.10 Å². The number of fused-ring (bicyclic) bond motifs is 1. The third kappa shape index (κ3) is 3.00. The lowest BCUT2D eigenvalue weighted by atomic mass is 10.1. The van der Waals surface area contributed by atoms with Gasteiger partial charge in [-0.2, -0.15) is 0 Å². The van der Waals surface area contributed by atoms with E-state index in [2.05, 4.69) is 29.3 Å². The number of amides is 1. The first-order valence-corrected chi connectivity index (χ1v) is 6.95. The fraction of sp³-hybridized carbons (Fsp3) is 0.533. The lowest BCUT2D eigenvalue weighted by molar-refractivity contribution is -0.127. The summed E-state index contributed by atoms with van der Waals surface area (Å²) >= 11 is 0. The normalized spacial score (nSPS) is 17.6. The van der Waals surface area contributed by atoms with Crippen LogP contribution in [0.25, 0.3) is 0 Å². The molecule has 4 heteroatoms. The second-order valence-electron chi connectivity index (χ2n) is 4.91.